The van der Waals surface area contributed by atoms with Crippen molar-refractivity contribution < 1.29 is 9.47 Å². The van der Waals surface area contributed by atoms with Crippen molar-refractivity contribution in [2.24, 2.45) is 5.92 Å². The number of hydrogen-bond donors (Lipinski definition) is 1. The molecule has 0 aliphatic carbocycles. The van der Waals surface area contributed by atoms with Crippen molar-refractivity contribution in [3.8, 4) is 17.6 Å². The number of benzene rings is 2. The summed E-state index contributed by atoms with van der Waals surface area (Å²) in [6.45, 7) is 4.97. The minimum Gasteiger partial charge on any atom is -0.493 e. The van der Waals surface area contributed by atoms with Crippen molar-refractivity contribution >= 4 is 22.7 Å². The fraction of sp³-hybridized carbons (Fsp3) is 0.273. The number of imidazole rings is 1. The van der Waals surface area contributed by atoms with Gasteiger partial charge in [0.05, 0.1) is 30.3 Å². The quantitative estimate of drug-likeness (QED) is 0.597. The van der Waals surface area contributed by atoms with Crippen molar-refractivity contribution in [2.75, 3.05) is 13.7 Å². The average Bonchev–Trinajstić information content (AvgIpc) is 3.10. The van der Waals surface area contributed by atoms with Crippen LogP contribution in [-0.2, 0) is 0 Å². The molecule has 0 bridgehead atoms. The number of ether oxygens (including phenoxy) is 2. The van der Waals surface area contributed by atoms with E-state index in [0.29, 0.717) is 35.4 Å². The van der Waals surface area contributed by atoms with E-state index < -0.39 is 0 Å². The van der Waals surface area contributed by atoms with Gasteiger partial charge in [-0.1, -0.05) is 32.0 Å². The smallest absolute Gasteiger partial charge is 0.161 e. The van der Waals surface area contributed by atoms with Crippen molar-refractivity contribution in [2.45, 2.75) is 20.3 Å². The van der Waals surface area contributed by atoms with E-state index in [9.17, 15) is 5.26 Å². The van der Waals surface area contributed by atoms with Gasteiger partial charge in [-0.3, -0.25) is 0 Å². The van der Waals surface area contributed by atoms with E-state index >= 15 is 0 Å². The Labute approximate surface area is 159 Å². The zero-order valence-electron chi connectivity index (χ0n) is 15.8. The Balaban J connectivity index is 1.86. The van der Waals surface area contributed by atoms with Crippen LogP contribution < -0.4 is 9.47 Å². The van der Waals surface area contributed by atoms with Gasteiger partial charge in [-0.05, 0) is 48.2 Å². The first-order chi connectivity index (χ1) is 13.1. The maximum Gasteiger partial charge on any atom is 0.161 e. The van der Waals surface area contributed by atoms with Crippen LogP contribution in [0.1, 0.15) is 31.7 Å². The summed E-state index contributed by atoms with van der Waals surface area (Å²) >= 11 is 0. The number of methoxy groups -OCH3 is 1. The fourth-order valence-corrected chi connectivity index (χ4v) is 2.70. The van der Waals surface area contributed by atoms with E-state index in [-0.39, 0.29) is 0 Å². The number of para-hydroxylation sites is 2. The van der Waals surface area contributed by atoms with Gasteiger partial charge in [-0.15, -0.1) is 0 Å². The molecule has 0 spiro atoms. The summed E-state index contributed by atoms with van der Waals surface area (Å²) in [6.07, 6.45) is 2.77. The van der Waals surface area contributed by atoms with Crippen molar-refractivity contribution in [1.82, 2.24) is 9.97 Å². The molecule has 3 rings (SSSR count). The van der Waals surface area contributed by atoms with Gasteiger partial charge in [0, 0.05) is 0 Å². The first-order valence-corrected chi connectivity index (χ1v) is 8.98. The summed E-state index contributed by atoms with van der Waals surface area (Å²) in [6, 6.07) is 15.6. The van der Waals surface area contributed by atoms with E-state index in [2.05, 4.69) is 29.9 Å². The Morgan fingerprint density at radius 2 is 2.04 bits per heavy atom. The highest BCUT2D eigenvalue weighted by atomic mass is 16.5. The zero-order valence-corrected chi connectivity index (χ0v) is 15.8. The van der Waals surface area contributed by atoms with Crippen molar-refractivity contribution in [3.63, 3.8) is 0 Å². The molecule has 0 saturated heterocycles. The van der Waals surface area contributed by atoms with Crippen molar-refractivity contribution in [1.29, 1.82) is 5.26 Å². The monoisotopic (exact) mass is 361 g/mol. The molecule has 0 radical (unpaired) electrons. The number of aromatic nitrogens is 2. The van der Waals surface area contributed by atoms with E-state index in [1.54, 1.807) is 13.2 Å². The molecule has 0 amide bonds. The molecule has 0 aliphatic heterocycles. The summed E-state index contributed by atoms with van der Waals surface area (Å²) in [4.78, 5) is 7.68. The lowest BCUT2D eigenvalue weighted by atomic mass is 10.1. The molecule has 138 valence electrons. The number of aromatic amines is 1. The molecule has 1 N–H and O–H groups in total. The molecule has 0 fully saturated rings. The van der Waals surface area contributed by atoms with Crippen LogP contribution in [0.4, 0.5) is 0 Å². The molecular weight excluding hydrogens is 338 g/mol. The third-order valence-corrected chi connectivity index (χ3v) is 4.22. The van der Waals surface area contributed by atoms with Crippen LogP contribution in [0.15, 0.2) is 42.5 Å². The molecule has 0 saturated carbocycles. The van der Waals surface area contributed by atoms with Crippen LogP contribution in [-0.4, -0.2) is 23.7 Å². The number of rotatable bonds is 7. The van der Waals surface area contributed by atoms with Crippen LogP contribution >= 0.6 is 0 Å². The average molecular weight is 361 g/mol. The number of hydrogen-bond acceptors (Lipinski definition) is 4. The first-order valence-electron chi connectivity index (χ1n) is 8.98. The Kier molecular flexibility index (Phi) is 5.77. The highest BCUT2D eigenvalue weighted by molar-refractivity contribution is 5.90. The minimum atomic E-state index is 0.460. The van der Waals surface area contributed by atoms with E-state index in [1.807, 2.05) is 42.5 Å². The summed E-state index contributed by atoms with van der Waals surface area (Å²) in [5, 5.41) is 9.58. The third-order valence-electron chi connectivity index (χ3n) is 4.22. The Hall–Kier alpha value is -3.26. The molecular formula is C22H23N3O2. The number of allylic oxidation sites excluding steroid dienone is 1. The zero-order chi connectivity index (χ0) is 19.2. The van der Waals surface area contributed by atoms with Gasteiger partial charge >= 0.3 is 0 Å². The lowest BCUT2D eigenvalue weighted by molar-refractivity contribution is 0.273. The second-order valence-corrected chi connectivity index (χ2v) is 6.71. The van der Waals surface area contributed by atoms with Crippen LogP contribution in [0.3, 0.4) is 0 Å². The topological polar surface area (TPSA) is 70.9 Å². The minimum absolute atomic E-state index is 0.460. The van der Waals surface area contributed by atoms with Gasteiger partial charge < -0.3 is 14.5 Å². The molecule has 5 nitrogen and oxygen atoms in total. The Morgan fingerprint density at radius 3 is 2.74 bits per heavy atom. The summed E-state index contributed by atoms with van der Waals surface area (Å²) in [5.74, 6) is 2.49. The van der Waals surface area contributed by atoms with Crippen molar-refractivity contribution in [3.05, 3.63) is 53.9 Å². The maximum atomic E-state index is 9.58. The second-order valence-electron chi connectivity index (χ2n) is 6.71. The highest BCUT2D eigenvalue weighted by Gasteiger charge is 2.10. The summed E-state index contributed by atoms with van der Waals surface area (Å²) in [7, 11) is 1.61. The number of fused-ring (bicyclic) bond motifs is 1. The van der Waals surface area contributed by atoms with Gasteiger partial charge in [-0.2, -0.15) is 5.26 Å². The number of nitrogens with one attached hydrogen (secondary N) is 1. The molecule has 5 heteroatoms. The largest absolute Gasteiger partial charge is 0.493 e. The molecule has 1 aromatic heterocycles. The molecule has 27 heavy (non-hydrogen) atoms. The SMILES string of the molecule is COc1cc(/C=C(/C#N)c2nc3ccccc3[nH]2)ccc1OCCC(C)C. The van der Waals surface area contributed by atoms with Crippen LogP contribution in [0.2, 0.25) is 0 Å². The van der Waals surface area contributed by atoms with Gasteiger partial charge in [0.25, 0.3) is 0 Å². The van der Waals surface area contributed by atoms with E-state index in [1.165, 1.54) is 0 Å². The maximum absolute atomic E-state index is 9.58. The predicted octanol–water partition coefficient (Wildman–Crippen LogP) is 5.06. The molecule has 3 aromatic rings. The second kappa shape index (κ2) is 8.41. The summed E-state index contributed by atoms with van der Waals surface area (Å²) in [5.41, 5.74) is 3.04. The van der Waals surface area contributed by atoms with Crippen LogP contribution in [0, 0.1) is 17.2 Å². The van der Waals surface area contributed by atoms with Crippen LogP contribution in [0.5, 0.6) is 11.5 Å². The van der Waals surface area contributed by atoms with Crippen LogP contribution in [0.25, 0.3) is 22.7 Å². The molecule has 0 unspecified atom stereocenters. The lowest BCUT2D eigenvalue weighted by Gasteiger charge is -2.12. The summed E-state index contributed by atoms with van der Waals surface area (Å²) < 4.78 is 11.3. The Morgan fingerprint density at radius 1 is 1.22 bits per heavy atom. The first kappa shape index (κ1) is 18.5. The standard InChI is InChI=1S/C22H23N3O2/c1-15(2)10-11-27-20-9-8-16(13-21(20)26-3)12-17(14-23)22-24-18-6-4-5-7-19(18)25-22/h4-9,12-13,15H,10-11H2,1-3H3,(H,24,25)/b17-12-. The number of nitrogens with zero attached hydrogens (tertiary/aromatic N) is 2. The Bertz CT molecular complexity index is 963. The van der Waals surface area contributed by atoms with Gasteiger partial charge in [0.1, 0.15) is 11.9 Å². The fourth-order valence-electron chi connectivity index (χ4n) is 2.70. The normalized spacial score (nSPS) is 11.6. The molecule has 0 aliphatic rings. The lowest BCUT2D eigenvalue weighted by Crippen LogP contribution is -2.02. The van der Waals surface area contributed by atoms with Gasteiger partial charge in [0.15, 0.2) is 11.5 Å². The molecule has 1 heterocycles. The van der Waals surface area contributed by atoms with Gasteiger partial charge in [-0.25, -0.2) is 4.98 Å². The highest BCUT2D eigenvalue weighted by Crippen LogP contribution is 2.30. The van der Waals surface area contributed by atoms with E-state index in [0.717, 1.165) is 23.0 Å². The van der Waals surface area contributed by atoms with Gasteiger partial charge in [0.2, 0.25) is 0 Å². The number of nitriles is 1. The predicted molar refractivity (Wildman–Crippen MR) is 108 cm³/mol. The third kappa shape index (κ3) is 4.48. The number of H-pyrrole nitrogens is 1. The molecule has 2 aromatic carbocycles. The van der Waals surface area contributed by atoms with E-state index in [4.69, 9.17) is 9.47 Å². The molecule has 0 atom stereocenters.